The largest absolute Gasteiger partial charge is 0.493 e. The zero-order chi connectivity index (χ0) is 28.3. The number of carbonyl (C=O) groups is 2. The molecule has 1 aromatic heterocycles. The number of carbonyl (C=O) groups excluding carboxylic acids is 2. The lowest BCUT2D eigenvalue weighted by molar-refractivity contribution is -0.122. The topological polar surface area (TPSA) is 83.7 Å². The third-order valence-electron chi connectivity index (χ3n) is 7.64. The van der Waals surface area contributed by atoms with Gasteiger partial charge in [0.15, 0.2) is 11.5 Å². The van der Waals surface area contributed by atoms with E-state index in [1.807, 2.05) is 78.9 Å². The fourth-order valence-corrected chi connectivity index (χ4v) is 5.72. The van der Waals surface area contributed by atoms with Gasteiger partial charge in [0.2, 0.25) is 5.91 Å². The minimum Gasteiger partial charge on any atom is -0.493 e. The Morgan fingerprint density at radius 2 is 1.61 bits per heavy atom. The summed E-state index contributed by atoms with van der Waals surface area (Å²) in [6.07, 6.45) is 0.615. The average molecular weight is 546 g/mol. The summed E-state index contributed by atoms with van der Waals surface area (Å²) in [5.74, 6) is 0.945. The van der Waals surface area contributed by atoms with Crippen LogP contribution in [0.2, 0.25) is 0 Å². The Bertz CT molecular complexity index is 1730. The second-order valence-corrected chi connectivity index (χ2v) is 10.0. The first-order chi connectivity index (χ1) is 20.1. The van der Waals surface area contributed by atoms with Crippen molar-refractivity contribution in [1.29, 1.82) is 0 Å². The molecule has 2 amide bonds. The van der Waals surface area contributed by atoms with Crippen LogP contribution in [0.15, 0.2) is 97.1 Å². The fourth-order valence-electron chi connectivity index (χ4n) is 5.72. The van der Waals surface area contributed by atoms with Gasteiger partial charge >= 0.3 is 0 Å². The lowest BCUT2D eigenvalue weighted by Crippen LogP contribution is -2.40. The number of para-hydroxylation sites is 1. The van der Waals surface area contributed by atoms with E-state index in [0.29, 0.717) is 30.0 Å². The van der Waals surface area contributed by atoms with E-state index in [4.69, 9.17) is 9.47 Å². The summed E-state index contributed by atoms with van der Waals surface area (Å²) in [5.41, 5.74) is 6.48. The van der Waals surface area contributed by atoms with Crippen molar-refractivity contribution in [2.75, 3.05) is 27.3 Å². The average Bonchev–Trinajstić information content (AvgIpc) is 3.52. The van der Waals surface area contributed by atoms with Crippen LogP contribution in [0.5, 0.6) is 11.5 Å². The van der Waals surface area contributed by atoms with Gasteiger partial charge in [-0.3, -0.25) is 9.59 Å². The van der Waals surface area contributed by atoms with E-state index >= 15 is 0 Å². The van der Waals surface area contributed by atoms with Gasteiger partial charge in [-0.25, -0.2) is 0 Å². The van der Waals surface area contributed by atoms with Crippen LogP contribution < -0.4 is 14.8 Å². The van der Waals surface area contributed by atoms with Crippen LogP contribution in [-0.2, 0) is 11.2 Å². The van der Waals surface area contributed by atoms with E-state index in [9.17, 15) is 9.59 Å². The molecule has 0 saturated heterocycles. The number of aromatic nitrogens is 1. The number of rotatable bonds is 9. The third-order valence-corrected chi connectivity index (χ3v) is 7.64. The van der Waals surface area contributed by atoms with Crippen LogP contribution in [0.3, 0.4) is 0 Å². The van der Waals surface area contributed by atoms with Crippen molar-refractivity contribution < 1.29 is 19.1 Å². The van der Waals surface area contributed by atoms with Crippen molar-refractivity contribution in [2.45, 2.75) is 12.5 Å². The van der Waals surface area contributed by atoms with E-state index in [1.165, 1.54) is 0 Å². The maximum atomic E-state index is 13.8. The standard InChI is InChI=1S/C34H31N3O4/c1-40-28-17-16-22(20-29(28)41-2)18-19-35-30(38)21-37-33(24-12-6-7-13-25(24)34(37)39)31-26-14-8-9-15-27(26)36-32(31)23-10-4-3-5-11-23/h3-17,20,33,36H,18-19,21H2,1-2H3,(H,35,38)/t33-/m1/s1. The number of amides is 2. The number of fused-ring (bicyclic) bond motifs is 2. The Hall–Kier alpha value is -5.04. The van der Waals surface area contributed by atoms with Gasteiger partial charge < -0.3 is 24.7 Å². The first-order valence-corrected chi connectivity index (χ1v) is 13.6. The molecule has 41 heavy (non-hydrogen) atoms. The highest BCUT2D eigenvalue weighted by molar-refractivity contribution is 6.03. The summed E-state index contributed by atoms with van der Waals surface area (Å²) in [6, 6.07) is 31.2. The van der Waals surface area contributed by atoms with E-state index in [1.54, 1.807) is 19.1 Å². The first kappa shape index (κ1) is 26.2. The lowest BCUT2D eigenvalue weighted by atomic mass is 9.93. The SMILES string of the molecule is COc1ccc(CCNC(=O)CN2C(=O)c3ccccc3[C@@H]2c2c(-c3ccccc3)[nH]c3ccccc23)cc1OC. The Kier molecular flexibility index (Phi) is 7.17. The van der Waals surface area contributed by atoms with Gasteiger partial charge in [0.25, 0.3) is 5.91 Å². The van der Waals surface area contributed by atoms with Crippen LogP contribution in [0.1, 0.15) is 33.1 Å². The molecule has 0 saturated carbocycles. The highest BCUT2D eigenvalue weighted by Crippen LogP contribution is 2.45. The number of H-pyrrole nitrogens is 1. The number of methoxy groups -OCH3 is 2. The molecule has 4 aromatic carbocycles. The molecule has 0 aliphatic carbocycles. The normalized spacial score (nSPS) is 14.2. The van der Waals surface area contributed by atoms with Crippen LogP contribution in [0.4, 0.5) is 0 Å². The van der Waals surface area contributed by atoms with Crippen molar-refractivity contribution >= 4 is 22.7 Å². The predicted octanol–water partition coefficient (Wildman–Crippen LogP) is 5.76. The second kappa shape index (κ2) is 11.2. The molecule has 1 aliphatic rings. The Balaban J connectivity index is 1.30. The highest BCUT2D eigenvalue weighted by atomic mass is 16.5. The summed E-state index contributed by atoms with van der Waals surface area (Å²) in [7, 11) is 3.20. The van der Waals surface area contributed by atoms with Crippen molar-refractivity contribution in [1.82, 2.24) is 15.2 Å². The molecule has 0 radical (unpaired) electrons. The van der Waals surface area contributed by atoms with Gasteiger partial charge in [0, 0.05) is 28.6 Å². The molecule has 7 nitrogen and oxygen atoms in total. The summed E-state index contributed by atoms with van der Waals surface area (Å²) in [5, 5.41) is 4.04. The van der Waals surface area contributed by atoms with Gasteiger partial charge in [0.1, 0.15) is 6.54 Å². The quantitative estimate of drug-likeness (QED) is 0.247. The molecule has 0 bridgehead atoms. The lowest BCUT2D eigenvalue weighted by Gasteiger charge is -2.26. The van der Waals surface area contributed by atoms with Gasteiger partial charge in [0.05, 0.1) is 26.0 Å². The molecule has 2 N–H and O–H groups in total. The van der Waals surface area contributed by atoms with Crippen molar-refractivity contribution in [3.05, 3.63) is 119 Å². The van der Waals surface area contributed by atoms with Crippen molar-refractivity contribution in [2.24, 2.45) is 0 Å². The molecule has 206 valence electrons. The van der Waals surface area contributed by atoms with Gasteiger partial charge in [-0.1, -0.05) is 72.8 Å². The maximum absolute atomic E-state index is 13.8. The zero-order valence-electron chi connectivity index (χ0n) is 23.0. The molecule has 0 fully saturated rings. The van der Waals surface area contributed by atoms with Crippen LogP contribution in [0.25, 0.3) is 22.2 Å². The molecule has 0 unspecified atom stereocenters. The van der Waals surface area contributed by atoms with Crippen molar-refractivity contribution in [3.8, 4) is 22.8 Å². The predicted molar refractivity (Wildman–Crippen MR) is 159 cm³/mol. The molecule has 1 aliphatic heterocycles. The fraction of sp³-hybridized carbons (Fsp3) is 0.176. The molecule has 7 heteroatoms. The first-order valence-electron chi connectivity index (χ1n) is 13.6. The summed E-state index contributed by atoms with van der Waals surface area (Å²) < 4.78 is 10.7. The van der Waals surface area contributed by atoms with E-state index in [2.05, 4.69) is 28.5 Å². The minimum atomic E-state index is -0.415. The summed E-state index contributed by atoms with van der Waals surface area (Å²) in [4.78, 5) is 32.3. The Labute approximate surface area is 238 Å². The molecule has 2 heterocycles. The van der Waals surface area contributed by atoms with Gasteiger partial charge in [-0.15, -0.1) is 0 Å². The Morgan fingerprint density at radius 1 is 0.878 bits per heavy atom. The maximum Gasteiger partial charge on any atom is 0.255 e. The molecule has 5 aromatic rings. The summed E-state index contributed by atoms with van der Waals surface area (Å²) >= 11 is 0. The van der Waals surface area contributed by atoms with Crippen LogP contribution >= 0.6 is 0 Å². The van der Waals surface area contributed by atoms with Gasteiger partial charge in [-0.05, 0) is 47.4 Å². The number of hydrogen-bond donors (Lipinski definition) is 2. The van der Waals surface area contributed by atoms with Crippen LogP contribution in [-0.4, -0.2) is 49.0 Å². The molecule has 6 rings (SSSR count). The number of hydrogen-bond acceptors (Lipinski definition) is 4. The third kappa shape index (κ3) is 4.91. The number of nitrogens with one attached hydrogen (secondary N) is 2. The number of benzene rings is 4. The molecular weight excluding hydrogens is 514 g/mol. The molecular formula is C34H31N3O4. The molecule has 1 atom stereocenters. The van der Waals surface area contributed by atoms with E-state index in [-0.39, 0.29) is 18.4 Å². The monoisotopic (exact) mass is 545 g/mol. The number of aromatic amines is 1. The van der Waals surface area contributed by atoms with E-state index in [0.717, 1.165) is 38.9 Å². The molecule has 0 spiro atoms. The highest BCUT2D eigenvalue weighted by Gasteiger charge is 2.40. The van der Waals surface area contributed by atoms with E-state index < -0.39 is 6.04 Å². The summed E-state index contributed by atoms with van der Waals surface area (Å²) in [6.45, 7) is 0.369. The second-order valence-electron chi connectivity index (χ2n) is 10.0. The van der Waals surface area contributed by atoms with Crippen molar-refractivity contribution in [3.63, 3.8) is 0 Å². The Morgan fingerprint density at radius 3 is 2.41 bits per heavy atom. The smallest absolute Gasteiger partial charge is 0.255 e. The van der Waals surface area contributed by atoms with Gasteiger partial charge in [-0.2, -0.15) is 0 Å². The zero-order valence-corrected chi connectivity index (χ0v) is 23.0. The number of nitrogens with zero attached hydrogens (tertiary/aromatic N) is 1. The minimum absolute atomic E-state index is 0.0577. The number of ether oxygens (including phenoxy) is 2. The van der Waals surface area contributed by atoms with Crippen LogP contribution in [0, 0.1) is 0 Å².